The molecule has 0 spiro atoms. The zero-order valence-electron chi connectivity index (χ0n) is 16.6. The number of esters is 1. The maximum atomic E-state index is 13.5. The molecule has 2 nitrogen and oxygen atoms in total. The van der Waals surface area contributed by atoms with E-state index in [9.17, 15) is 4.79 Å². The molecule has 5 rings (SSSR count). The van der Waals surface area contributed by atoms with Gasteiger partial charge < -0.3 is 4.74 Å². The molecule has 0 aromatic carbocycles. The van der Waals surface area contributed by atoms with E-state index in [1.807, 2.05) is 0 Å². The molecular formula is C23H36O2. The fourth-order valence-electron chi connectivity index (χ4n) is 8.70. The van der Waals surface area contributed by atoms with Crippen molar-refractivity contribution in [1.82, 2.24) is 0 Å². The van der Waals surface area contributed by atoms with Gasteiger partial charge in [-0.05, 0) is 93.3 Å². The monoisotopic (exact) mass is 344 g/mol. The van der Waals surface area contributed by atoms with E-state index in [0.717, 1.165) is 48.9 Å². The van der Waals surface area contributed by atoms with Crippen LogP contribution in [0.3, 0.4) is 0 Å². The summed E-state index contributed by atoms with van der Waals surface area (Å²) in [6.45, 7) is 9.27. The predicted octanol–water partition coefficient (Wildman–Crippen LogP) is 5.45. The van der Waals surface area contributed by atoms with E-state index in [1.54, 1.807) is 0 Å². The van der Waals surface area contributed by atoms with Crippen molar-refractivity contribution in [2.75, 3.05) is 0 Å². The summed E-state index contributed by atoms with van der Waals surface area (Å²) in [7, 11) is 0. The smallest absolute Gasteiger partial charge is 0.312 e. The van der Waals surface area contributed by atoms with Gasteiger partial charge in [-0.15, -0.1) is 0 Å². The van der Waals surface area contributed by atoms with Crippen LogP contribution in [0.25, 0.3) is 0 Å². The minimum absolute atomic E-state index is 0.118. The summed E-state index contributed by atoms with van der Waals surface area (Å²) in [5, 5.41) is 0. The van der Waals surface area contributed by atoms with Gasteiger partial charge in [0.25, 0.3) is 0 Å². The summed E-state index contributed by atoms with van der Waals surface area (Å²) in [6, 6.07) is 0. The topological polar surface area (TPSA) is 26.3 Å². The minimum atomic E-state index is -0.213. The lowest BCUT2D eigenvalue weighted by Gasteiger charge is -2.45. The van der Waals surface area contributed by atoms with E-state index >= 15 is 0 Å². The highest BCUT2D eigenvalue weighted by Crippen LogP contribution is 2.66. The van der Waals surface area contributed by atoms with Gasteiger partial charge in [0.05, 0.1) is 5.41 Å². The van der Waals surface area contributed by atoms with Gasteiger partial charge in [-0.3, -0.25) is 4.79 Å². The molecule has 140 valence electrons. The van der Waals surface area contributed by atoms with Crippen LogP contribution in [-0.2, 0) is 9.53 Å². The van der Waals surface area contributed by atoms with Crippen LogP contribution in [0.5, 0.6) is 0 Å². The molecule has 10 atom stereocenters. The average molecular weight is 345 g/mol. The highest BCUT2D eigenvalue weighted by molar-refractivity contribution is 5.78. The maximum absolute atomic E-state index is 13.5. The first kappa shape index (κ1) is 16.6. The second kappa shape index (κ2) is 5.26. The highest BCUT2D eigenvalue weighted by atomic mass is 16.6. The van der Waals surface area contributed by atoms with Crippen molar-refractivity contribution < 1.29 is 9.53 Å². The summed E-state index contributed by atoms with van der Waals surface area (Å²) in [4.78, 5) is 13.5. The molecule has 0 heterocycles. The number of carbonyl (C=O) groups is 1. The van der Waals surface area contributed by atoms with Gasteiger partial charge in [0.2, 0.25) is 0 Å². The molecule has 5 aliphatic carbocycles. The predicted molar refractivity (Wildman–Crippen MR) is 98.8 cm³/mol. The molecule has 0 aliphatic heterocycles. The Morgan fingerprint density at radius 2 is 1.72 bits per heavy atom. The first-order valence-electron chi connectivity index (χ1n) is 11.1. The van der Waals surface area contributed by atoms with E-state index in [-0.39, 0.29) is 17.0 Å². The Balaban J connectivity index is 1.37. The minimum Gasteiger partial charge on any atom is -0.458 e. The number of hydrogen-bond donors (Lipinski definition) is 0. The SMILES string of the molecule is CCC1(OC(=O)C2(C)CC3CC2C(C)C3C)CC2CC1C1CCCC21. The Kier molecular flexibility index (Phi) is 3.50. The highest BCUT2D eigenvalue weighted by Gasteiger charge is 2.64. The van der Waals surface area contributed by atoms with Gasteiger partial charge >= 0.3 is 5.97 Å². The summed E-state index contributed by atoms with van der Waals surface area (Å²) in [5.41, 5.74) is -0.331. The van der Waals surface area contributed by atoms with Crippen molar-refractivity contribution in [3.8, 4) is 0 Å². The van der Waals surface area contributed by atoms with Gasteiger partial charge in [0.15, 0.2) is 0 Å². The van der Waals surface area contributed by atoms with Crippen molar-refractivity contribution in [2.24, 2.45) is 52.8 Å². The molecule has 0 amide bonds. The van der Waals surface area contributed by atoms with Gasteiger partial charge in [0.1, 0.15) is 5.60 Å². The van der Waals surface area contributed by atoms with Crippen LogP contribution in [0.4, 0.5) is 0 Å². The van der Waals surface area contributed by atoms with Crippen LogP contribution in [0, 0.1) is 52.8 Å². The molecule has 0 radical (unpaired) electrons. The van der Waals surface area contributed by atoms with Crippen molar-refractivity contribution >= 4 is 5.97 Å². The normalized spacial score (nSPS) is 58.7. The Labute approximate surface area is 153 Å². The van der Waals surface area contributed by atoms with E-state index in [2.05, 4.69) is 27.7 Å². The Morgan fingerprint density at radius 3 is 2.40 bits per heavy atom. The average Bonchev–Trinajstić information content (AvgIpc) is 3.35. The lowest BCUT2D eigenvalue weighted by atomic mass is 9.66. The molecule has 10 unspecified atom stereocenters. The number of carbonyl (C=O) groups excluding carboxylic acids is 1. The van der Waals surface area contributed by atoms with E-state index < -0.39 is 0 Å². The van der Waals surface area contributed by atoms with Crippen molar-refractivity contribution in [3.05, 3.63) is 0 Å². The second-order valence-electron chi connectivity index (χ2n) is 10.8. The quantitative estimate of drug-likeness (QED) is 0.636. The largest absolute Gasteiger partial charge is 0.458 e. The van der Waals surface area contributed by atoms with Gasteiger partial charge in [0, 0.05) is 5.92 Å². The lowest BCUT2D eigenvalue weighted by molar-refractivity contribution is -0.186. The van der Waals surface area contributed by atoms with Crippen LogP contribution < -0.4 is 0 Å². The third kappa shape index (κ3) is 2.00. The zero-order chi connectivity index (χ0) is 17.6. The fraction of sp³-hybridized carbons (Fsp3) is 0.957. The van der Waals surface area contributed by atoms with Crippen molar-refractivity contribution in [3.63, 3.8) is 0 Å². The van der Waals surface area contributed by atoms with Gasteiger partial charge in [-0.25, -0.2) is 0 Å². The lowest BCUT2D eigenvalue weighted by Crippen LogP contribution is -2.49. The molecule has 4 bridgehead atoms. The van der Waals surface area contributed by atoms with Gasteiger partial charge in [-0.2, -0.15) is 0 Å². The maximum Gasteiger partial charge on any atom is 0.312 e. The van der Waals surface area contributed by atoms with Crippen LogP contribution in [-0.4, -0.2) is 11.6 Å². The fourth-order valence-corrected chi connectivity index (χ4v) is 8.70. The summed E-state index contributed by atoms with van der Waals surface area (Å²) in [5.74, 6) is 6.25. The van der Waals surface area contributed by atoms with Gasteiger partial charge in [-0.1, -0.05) is 27.2 Å². The Hall–Kier alpha value is -0.530. The number of ether oxygens (including phenoxy) is 1. The van der Waals surface area contributed by atoms with E-state index in [1.165, 1.54) is 32.1 Å². The van der Waals surface area contributed by atoms with E-state index in [0.29, 0.717) is 17.8 Å². The Morgan fingerprint density at radius 1 is 1.00 bits per heavy atom. The Bertz CT molecular complexity index is 583. The van der Waals surface area contributed by atoms with Crippen molar-refractivity contribution in [1.29, 1.82) is 0 Å². The molecule has 5 saturated carbocycles. The standard InChI is InChI=1S/C23H36O2/c1-5-23(12-16-10-20(23)18-8-6-7-17(16)18)25-21(24)22(4)11-15-9-19(22)14(3)13(15)2/h13-20H,5-12H2,1-4H3. The number of fused-ring (bicyclic) bond motifs is 7. The first-order valence-corrected chi connectivity index (χ1v) is 11.1. The zero-order valence-corrected chi connectivity index (χ0v) is 16.6. The number of hydrogen-bond acceptors (Lipinski definition) is 2. The van der Waals surface area contributed by atoms with Crippen LogP contribution in [0.2, 0.25) is 0 Å². The molecule has 5 aliphatic rings. The van der Waals surface area contributed by atoms with Crippen LogP contribution in [0.15, 0.2) is 0 Å². The molecule has 0 N–H and O–H groups in total. The first-order chi connectivity index (χ1) is 11.9. The molecular weight excluding hydrogens is 308 g/mol. The second-order valence-corrected chi connectivity index (χ2v) is 10.8. The third-order valence-electron chi connectivity index (χ3n) is 10.2. The van der Waals surface area contributed by atoms with Crippen molar-refractivity contribution in [2.45, 2.75) is 84.7 Å². The molecule has 0 aromatic heterocycles. The van der Waals surface area contributed by atoms with E-state index in [4.69, 9.17) is 4.74 Å². The molecule has 0 aromatic rings. The third-order valence-corrected chi connectivity index (χ3v) is 10.2. The molecule has 25 heavy (non-hydrogen) atoms. The molecule has 5 fully saturated rings. The van der Waals surface area contributed by atoms with Crippen LogP contribution in [0.1, 0.15) is 79.1 Å². The summed E-state index contributed by atoms with van der Waals surface area (Å²) < 4.78 is 6.57. The summed E-state index contributed by atoms with van der Waals surface area (Å²) in [6.07, 6.45) is 10.1. The number of rotatable bonds is 3. The van der Waals surface area contributed by atoms with Crippen LogP contribution >= 0.6 is 0 Å². The summed E-state index contributed by atoms with van der Waals surface area (Å²) >= 11 is 0. The molecule has 2 heteroatoms. The molecule has 0 saturated heterocycles.